The quantitative estimate of drug-likeness (QED) is 0.408. The first-order chi connectivity index (χ1) is 15.4. The Morgan fingerprint density at radius 2 is 2.06 bits per heavy atom. The van der Waals surface area contributed by atoms with Gasteiger partial charge in [0.15, 0.2) is 33.6 Å². The van der Waals surface area contributed by atoms with Crippen LogP contribution in [0, 0.1) is 0 Å². The first kappa shape index (κ1) is 20.6. The highest BCUT2D eigenvalue weighted by molar-refractivity contribution is 7.99. The number of nitrogens with zero attached hydrogens (tertiary/aromatic N) is 5. The van der Waals surface area contributed by atoms with Crippen LogP contribution >= 0.6 is 11.8 Å². The monoisotopic (exact) mass is 473 g/mol. The van der Waals surface area contributed by atoms with Crippen molar-refractivity contribution in [2.24, 2.45) is 0 Å². The van der Waals surface area contributed by atoms with E-state index in [0.29, 0.717) is 40.8 Å². The molecule has 4 aromatic rings. The molecule has 0 saturated carbocycles. The van der Waals surface area contributed by atoms with Gasteiger partial charge in [-0.1, -0.05) is 11.8 Å². The smallest absolute Gasteiger partial charge is 0.231 e. The highest BCUT2D eigenvalue weighted by Gasteiger charge is 2.22. The Bertz CT molecular complexity index is 1400. The zero-order chi connectivity index (χ0) is 22.3. The minimum atomic E-state index is -3.09. The standard InChI is InChI=1S/C19H19N7O4S2/c1-32(27,28)6-2-5-26-18-16(17(20)21-9-22-18)24-19(26)31-15-8-14-13(29-10-30-14)7-11(15)12-3-4-23-25-12/h3-4,7-9H,2,5-6,10H2,1H3,(H,23,25)(H2,20,21,22). The van der Waals surface area contributed by atoms with Gasteiger partial charge in [0.05, 0.1) is 11.4 Å². The summed E-state index contributed by atoms with van der Waals surface area (Å²) in [6.45, 7) is 0.564. The number of anilines is 1. The lowest BCUT2D eigenvalue weighted by Crippen LogP contribution is -2.09. The van der Waals surface area contributed by atoms with Gasteiger partial charge >= 0.3 is 0 Å². The Balaban J connectivity index is 1.58. The van der Waals surface area contributed by atoms with E-state index in [9.17, 15) is 8.42 Å². The van der Waals surface area contributed by atoms with Crippen LogP contribution in [0.15, 0.2) is 40.8 Å². The van der Waals surface area contributed by atoms with Crippen LogP contribution in [-0.2, 0) is 16.4 Å². The Morgan fingerprint density at radius 3 is 2.81 bits per heavy atom. The summed E-state index contributed by atoms with van der Waals surface area (Å²) < 4.78 is 36.2. The maximum absolute atomic E-state index is 11.6. The second-order valence-electron chi connectivity index (χ2n) is 7.23. The van der Waals surface area contributed by atoms with Gasteiger partial charge in [0, 0.05) is 29.5 Å². The molecule has 13 heteroatoms. The van der Waals surface area contributed by atoms with Gasteiger partial charge < -0.3 is 19.8 Å². The van der Waals surface area contributed by atoms with Crippen LogP contribution in [0.2, 0.25) is 0 Å². The maximum atomic E-state index is 11.6. The first-order valence-electron chi connectivity index (χ1n) is 9.65. The number of nitrogens with two attached hydrogens (primary N) is 1. The average Bonchev–Trinajstić information content (AvgIpc) is 3.48. The zero-order valence-electron chi connectivity index (χ0n) is 17.0. The van der Waals surface area contributed by atoms with Crippen molar-refractivity contribution in [3.8, 4) is 22.8 Å². The molecular weight excluding hydrogens is 454 g/mol. The Morgan fingerprint density at radius 1 is 1.25 bits per heavy atom. The van der Waals surface area contributed by atoms with Crippen LogP contribution in [0.4, 0.5) is 5.82 Å². The number of nitrogen functional groups attached to an aromatic ring is 1. The van der Waals surface area contributed by atoms with Crippen molar-refractivity contribution in [3.05, 3.63) is 30.7 Å². The third-order valence-electron chi connectivity index (χ3n) is 4.89. The largest absolute Gasteiger partial charge is 0.454 e. The van der Waals surface area contributed by atoms with Gasteiger partial charge in [-0.2, -0.15) is 5.10 Å². The van der Waals surface area contributed by atoms with Gasteiger partial charge in [0.2, 0.25) is 6.79 Å². The van der Waals surface area contributed by atoms with E-state index >= 15 is 0 Å². The lowest BCUT2D eigenvalue weighted by Gasteiger charge is -2.11. The Labute approximate surface area is 187 Å². The number of hydrogen-bond acceptors (Lipinski definition) is 10. The molecular formula is C19H19N7O4S2. The molecule has 0 aliphatic carbocycles. The van der Waals surface area contributed by atoms with Gasteiger partial charge in [0.25, 0.3) is 0 Å². The van der Waals surface area contributed by atoms with Crippen LogP contribution in [0.5, 0.6) is 11.5 Å². The van der Waals surface area contributed by atoms with Crippen molar-refractivity contribution in [2.75, 3.05) is 24.5 Å². The maximum Gasteiger partial charge on any atom is 0.231 e. The van der Waals surface area contributed by atoms with Gasteiger partial charge in [-0.05, 0) is 24.6 Å². The highest BCUT2D eigenvalue weighted by Crippen LogP contribution is 2.44. The summed E-state index contributed by atoms with van der Waals surface area (Å²) in [6.07, 6.45) is 4.68. The molecule has 0 bridgehead atoms. The van der Waals surface area contributed by atoms with Crippen LogP contribution in [0.1, 0.15) is 6.42 Å². The van der Waals surface area contributed by atoms with E-state index < -0.39 is 9.84 Å². The van der Waals surface area contributed by atoms with E-state index in [1.165, 1.54) is 24.3 Å². The predicted octanol–water partition coefficient (Wildman–Crippen LogP) is 2.11. The molecule has 11 nitrogen and oxygen atoms in total. The van der Waals surface area contributed by atoms with E-state index in [-0.39, 0.29) is 18.4 Å². The van der Waals surface area contributed by atoms with Gasteiger partial charge in [-0.3, -0.25) is 5.10 Å². The van der Waals surface area contributed by atoms with Gasteiger partial charge in [0.1, 0.15) is 16.2 Å². The third kappa shape index (κ3) is 3.96. The Hall–Kier alpha value is -3.32. The van der Waals surface area contributed by atoms with Crippen molar-refractivity contribution < 1.29 is 17.9 Å². The molecule has 32 heavy (non-hydrogen) atoms. The number of ether oxygens (including phenoxy) is 2. The first-order valence-corrected chi connectivity index (χ1v) is 12.5. The fourth-order valence-corrected chi connectivity index (χ4v) is 5.14. The number of fused-ring (bicyclic) bond motifs is 2. The summed E-state index contributed by atoms with van der Waals surface area (Å²) in [5.41, 5.74) is 8.73. The summed E-state index contributed by atoms with van der Waals surface area (Å²) in [5.74, 6) is 1.60. The number of aromatic amines is 1. The van der Waals surface area contributed by atoms with Gasteiger partial charge in [-0.25, -0.2) is 23.4 Å². The molecule has 3 N–H and O–H groups in total. The van der Waals surface area contributed by atoms with Crippen LogP contribution < -0.4 is 15.2 Å². The lowest BCUT2D eigenvalue weighted by molar-refractivity contribution is 0.174. The molecule has 1 aliphatic rings. The molecule has 0 fully saturated rings. The molecule has 1 aliphatic heterocycles. The number of aromatic nitrogens is 6. The molecule has 0 spiro atoms. The number of benzene rings is 1. The summed E-state index contributed by atoms with van der Waals surface area (Å²) in [5, 5.41) is 7.64. The molecule has 5 rings (SSSR count). The number of nitrogens with one attached hydrogen (secondary N) is 1. The van der Waals surface area contributed by atoms with E-state index in [2.05, 4.69) is 25.1 Å². The number of aryl methyl sites for hydroxylation is 1. The number of imidazole rings is 1. The second kappa shape index (κ2) is 7.98. The fraction of sp³-hybridized carbons (Fsp3) is 0.263. The van der Waals surface area contributed by atoms with E-state index in [0.717, 1.165) is 16.2 Å². The number of H-pyrrole nitrogens is 1. The van der Waals surface area contributed by atoms with Crippen LogP contribution in [0.3, 0.4) is 0 Å². The molecule has 0 atom stereocenters. The van der Waals surface area contributed by atoms with Crippen molar-refractivity contribution in [1.82, 2.24) is 29.7 Å². The van der Waals surface area contributed by atoms with E-state index in [1.54, 1.807) is 6.20 Å². The summed E-state index contributed by atoms with van der Waals surface area (Å²) >= 11 is 1.39. The second-order valence-corrected chi connectivity index (χ2v) is 10.5. The summed E-state index contributed by atoms with van der Waals surface area (Å²) in [7, 11) is -3.09. The number of sulfone groups is 1. The van der Waals surface area contributed by atoms with Gasteiger partial charge in [-0.15, -0.1) is 0 Å². The SMILES string of the molecule is CS(=O)(=O)CCCn1c(Sc2cc3c(cc2-c2ccn[nH]2)OCO3)nc2c(N)ncnc21. The van der Waals surface area contributed by atoms with Crippen molar-refractivity contribution in [2.45, 2.75) is 23.0 Å². The normalized spacial score (nSPS) is 13.2. The van der Waals surface area contributed by atoms with Crippen molar-refractivity contribution in [1.29, 1.82) is 0 Å². The fourth-order valence-electron chi connectivity index (χ4n) is 3.42. The van der Waals surface area contributed by atoms with Crippen LogP contribution in [0.25, 0.3) is 22.4 Å². The minimum Gasteiger partial charge on any atom is -0.454 e. The highest BCUT2D eigenvalue weighted by atomic mass is 32.2. The molecule has 0 unspecified atom stereocenters. The average molecular weight is 474 g/mol. The van der Waals surface area contributed by atoms with Crippen molar-refractivity contribution in [3.63, 3.8) is 0 Å². The van der Waals surface area contributed by atoms with Crippen LogP contribution in [-0.4, -0.2) is 56.9 Å². The predicted molar refractivity (Wildman–Crippen MR) is 118 cm³/mol. The molecule has 3 aromatic heterocycles. The zero-order valence-corrected chi connectivity index (χ0v) is 18.6. The third-order valence-corrected chi connectivity index (χ3v) is 6.97. The molecule has 0 saturated heterocycles. The molecule has 166 valence electrons. The van der Waals surface area contributed by atoms with Crippen molar-refractivity contribution >= 4 is 38.6 Å². The molecule has 4 heterocycles. The summed E-state index contributed by atoms with van der Waals surface area (Å²) in [4.78, 5) is 13.9. The number of rotatable bonds is 7. The lowest BCUT2D eigenvalue weighted by atomic mass is 10.1. The molecule has 0 amide bonds. The topological polar surface area (TPSA) is 151 Å². The summed E-state index contributed by atoms with van der Waals surface area (Å²) in [6, 6.07) is 5.64. The van der Waals surface area contributed by atoms with E-state index in [1.807, 2.05) is 22.8 Å². The number of hydrogen-bond donors (Lipinski definition) is 2. The minimum absolute atomic E-state index is 0.0563. The Kier molecular flexibility index (Phi) is 5.13. The van der Waals surface area contributed by atoms with E-state index in [4.69, 9.17) is 15.2 Å². The molecule has 0 radical (unpaired) electrons. The molecule has 1 aromatic carbocycles.